The van der Waals surface area contributed by atoms with Crippen LogP contribution in [-0.2, 0) is 16.1 Å². The number of methoxy groups -OCH3 is 1. The fourth-order valence-corrected chi connectivity index (χ4v) is 1.83. The molecule has 21 heavy (non-hydrogen) atoms. The van der Waals surface area contributed by atoms with E-state index in [-0.39, 0.29) is 5.92 Å². The second-order valence-electron chi connectivity index (χ2n) is 5.18. The molecule has 1 rings (SSSR count). The summed E-state index contributed by atoms with van der Waals surface area (Å²) in [6, 6.07) is 1.29. The minimum Gasteiger partial charge on any atom is -0.377 e. The van der Waals surface area contributed by atoms with Crippen LogP contribution in [0, 0.1) is 5.92 Å². The van der Waals surface area contributed by atoms with Crippen LogP contribution >= 0.6 is 0 Å². The fraction of sp³-hybridized carbons (Fsp3) is 0.643. The summed E-state index contributed by atoms with van der Waals surface area (Å²) in [5.41, 5.74) is 5.42. The summed E-state index contributed by atoms with van der Waals surface area (Å²) >= 11 is 0. The molecule has 1 aromatic heterocycles. The number of nitrogens with zero attached hydrogens (tertiary/aromatic N) is 2. The van der Waals surface area contributed by atoms with Crippen LogP contribution in [0.3, 0.4) is 0 Å². The van der Waals surface area contributed by atoms with Gasteiger partial charge in [-0.3, -0.25) is 4.79 Å². The van der Waals surface area contributed by atoms with E-state index in [2.05, 4.69) is 27.5 Å². The molecule has 1 heterocycles. The fourth-order valence-electron chi connectivity index (χ4n) is 1.83. The maximum atomic E-state index is 11.5. The van der Waals surface area contributed by atoms with E-state index in [4.69, 9.17) is 10.5 Å². The molecule has 0 aromatic carbocycles. The Hall–Kier alpha value is -1.89. The molecule has 1 amide bonds. The Morgan fingerprint density at radius 2 is 2.05 bits per heavy atom. The molecular formula is C14H25N5O2. The third kappa shape index (κ3) is 5.55. The zero-order valence-electron chi connectivity index (χ0n) is 13.1. The van der Waals surface area contributed by atoms with Crippen LogP contribution in [0.1, 0.15) is 33.0 Å². The van der Waals surface area contributed by atoms with Gasteiger partial charge < -0.3 is 21.1 Å². The maximum absolute atomic E-state index is 11.5. The van der Waals surface area contributed by atoms with Gasteiger partial charge >= 0.3 is 0 Å². The number of hydrogen-bond acceptors (Lipinski definition) is 6. The van der Waals surface area contributed by atoms with E-state index in [0.717, 1.165) is 13.0 Å². The SMILES string of the molecule is CCCNc1cc(NC(C(N)=O)C(C)C)nc(COC)n1. The first-order chi connectivity index (χ1) is 9.97. The lowest BCUT2D eigenvalue weighted by Crippen LogP contribution is -2.39. The van der Waals surface area contributed by atoms with Gasteiger partial charge in [0, 0.05) is 19.7 Å². The van der Waals surface area contributed by atoms with Crippen molar-refractivity contribution in [2.45, 2.75) is 39.8 Å². The highest BCUT2D eigenvalue weighted by Gasteiger charge is 2.20. The summed E-state index contributed by atoms with van der Waals surface area (Å²) in [7, 11) is 1.59. The molecule has 1 atom stereocenters. The number of ether oxygens (including phenoxy) is 1. The predicted octanol–water partition coefficient (Wildman–Crippen LogP) is 1.37. The Bertz CT molecular complexity index is 465. The Balaban J connectivity index is 2.97. The molecule has 1 aromatic rings. The Kier molecular flexibility index (Phi) is 6.87. The highest BCUT2D eigenvalue weighted by Crippen LogP contribution is 2.15. The highest BCUT2D eigenvalue weighted by atomic mass is 16.5. The molecule has 0 aliphatic heterocycles. The van der Waals surface area contributed by atoms with Gasteiger partial charge in [0.2, 0.25) is 5.91 Å². The molecule has 0 aliphatic rings. The normalized spacial score (nSPS) is 12.2. The van der Waals surface area contributed by atoms with Crippen LogP contribution in [0.5, 0.6) is 0 Å². The lowest BCUT2D eigenvalue weighted by atomic mass is 10.0. The van der Waals surface area contributed by atoms with Gasteiger partial charge in [-0.15, -0.1) is 0 Å². The average Bonchev–Trinajstić information content (AvgIpc) is 2.42. The van der Waals surface area contributed by atoms with Crippen LogP contribution in [0.2, 0.25) is 0 Å². The lowest BCUT2D eigenvalue weighted by Gasteiger charge is -2.20. The van der Waals surface area contributed by atoms with Gasteiger partial charge in [-0.2, -0.15) is 0 Å². The standard InChI is InChI=1S/C14H25N5O2/c1-5-6-16-10-7-11(18-12(17-10)8-21-4)19-13(9(2)3)14(15)20/h7,9,13H,5-6,8H2,1-4H3,(H2,15,20)(H2,16,17,18,19). The van der Waals surface area contributed by atoms with Gasteiger partial charge in [-0.25, -0.2) is 9.97 Å². The Morgan fingerprint density at radius 1 is 1.38 bits per heavy atom. The molecular weight excluding hydrogens is 270 g/mol. The molecule has 0 saturated heterocycles. The van der Waals surface area contributed by atoms with Crippen molar-refractivity contribution in [3.05, 3.63) is 11.9 Å². The largest absolute Gasteiger partial charge is 0.377 e. The monoisotopic (exact) mass is 295 g/mol. The highest BCUT2D eigenvalue weighted by molar-refractivity contribution is 5.83. The van der Waals surface area contributed by atoms with Crippen LogP contribution in [0.4, 0.5) is 11.6 Å². The van der Waals surface area contributed by atoms with Crippen molar-refractivity contribution in [3.8, 4) is 0 Å². The smallest absolute Gasteiger partial charge is 0.240 e. The molecule has 0 radical (unpaired) electrons. The maximum Gasteiger partial charge on any atom is 0.240 e. The summed E-state index contributed by atoms with van der Waals surface area (Å²) < 4.78 is 5.07. The number of anilines is 2. The van der Waals surface area contributed by atoms with Crippen molar-refractivity contribution >= 4 is 17.5 Å². The first-order valence-electron chi connectivity index (χ1n) is 7.14. The predicted molar refractivity (Wildman–Crippen MR) is 83.0 cm³/mol. The van der Waals surface area contributed by atoms with Crippen molar-refractivity contribution in [3.63, 3.8) is 0 Å². The minimum absolute atomic E-state index is 0.0652. The van der Waals surface area contributed by atoms with Gasteiger partial charge in [0.1, 0.15) is 24.3 Å². The lowest BCUT2D eigenvalue weighted by molar-refractivity contribution is -0.119. The van der Waals surface area contributed by atoms with Crippen molar-refractivity contribution < 1.29 is 9.53 Å². The molecule has 7 nitrogen and oxygen atoms in total. The summed E-state index contributed by atoms with van der Waals surface area (Å²) in [5, 5.41) is 6.27. The van der Waals surface area contributed by atoms with E-state index >= 15 is 0 Å². The zero-order valence-corrected chi connectivity index (χ0v) is 13.1. The van der Waals surface area contributed by atoms with Crippen molar-refractivity contribution in [2.75, 3.05) is 24.3 Å². The quantitative estimate of drug-likeness (QED) is 0.636. The van der Waals surface area contributed by atoms with Gasteiger partial charge in [0.15, 0.2) is 5.82 Å². The summed E-state index contributed by atoms with van der Waals surface area (Å²) in [6.07, 6.45) is 0.988. The summed E-state index contributed by atoms with van der Waals surface area (Å²) in [5.74, 6) is 1.48. The first kappa shape index (κ1) is 17.2. The molecule has 0 bridgehead atoms. The third-order valence-corrected chi connectivity index (χ3v) is 2.88. The molecule has 0 saturated carbocycles. The number of rotatable bonds is 9. The van der Waals surface area contributed by atoms with Gasteiger partial charge in [-0.05, 0) is 12.3 Å². The van der Waals surface area contributed by atoms with E-state index in [1.54, 1.807) is 13.2 Å². The molecule has 7 heteroatoms. The van der Waals surface area contributed by atoms with Crippen LogP contribution < -0.4 is 16.4 Å². The molecule has 0 aliphatic carbocycles. The number of hydrogen-bond donors (Lipinski definition) is 3. The number of nitrogens with two attached hydrogens (primary N) is 1. The summed E-state index contributed by atoms with van der Waals surface area (Å²) in [4.78, 5) is 20.2. The average molecular weight is 295 g/mol. The number of aromatic nitrogens is 2. The second-order valence-corrected chi connectivity index (χ2v) is 5.18. The Labute approximate surface area is 125 Å². The molecule has 1 unspecified atom stereocenters. The minimum atomic E-state index is -0.477. The zero-order chi connectivity index (χ0) is 15.8. The van der Waals surface area contributed by atoms with Crippen LogP contribution in [0.15, 0.2) is 6.07 Å². The van der Waals surface area contributed by atoms with Gasteiger partial charge in [0.05, 0.1) is 0 Å². The second kappa shape index (κ2) is 8.41. The van der Waals surface area contributed by atoms with Gasteiger partial charge in [-0.1, -0.05) is 20.8 Å². The first-order valence-corrected chi connectivity index (χ1v) is 7.14. The van der Waals surface area contributed by atoms with Crippen molar-refractivity contribution in [2.24, 2.45) is 11.7 Å². The number of nitrogens with one attached hydrogen (secondary N) is 2. The molecule has 4 N–H and O–H groups in total. The van der Waals surface area contributed by atoms with Crippen LogP contribution in [-0.4, -0.2) is 35.6 Å². The van der Waals surface area contributed by atoms with Crippen LogP contribution in [0.25, 0.3) is 0 Å². The number of carbonyl (C=O) groups is 1. The van der Waals surface area contributed by atoms with E-state index in [9.17, 15) is 4.79 Å². The van der Waals surface area contributed by atoms with E-state index in [0.29, 0.717) is 24.1 Å². The van der Waals surface area contributed by atoms with E-state index in [1.807, 2.05) is 13.8 Å². The number of primary amides is 1. The molecule has 0 spiro atoms. The van der Waals surface area contributed by atoms with Gasteiger partial charge in [0.25, 0.3) is 0 Å². The molecule has 118 valence electrons. The van der Waals surface area contributed by atoms with Crippen molar-refractivity contribution in [1.82, 2.24) is 9.97 Å². The van der Waals surface area contributed by atoms with E-state index < -0.39 is 11.9 Å². The number of amides is 1. The molecule has 0 fully saturated rings. The summed E-state index contributed by atoms with van der Waals surface area (Å²) in [6.45, 7) is 7.04. The topological polar surface area (TPSA) is 102 Å². The Morgan fingerprint density at radius 3 is 2.57 bits per heavy atom. The van der Waals surface area contributed by atoms with E-state index in [1.165, 1.54) is 0 Å². The third-order valence-electron chi connectivity index (χ3n) is 2.88. The van der Waals surface area contributed by atoms with Crippen molar-refractivity contribution in [1.29, 1.82) is 0 Å². The number of carbonyl (C=O) groups excluding carboxylic acids is 1.